The molecule has 6 spiro atoms. The van der Waals surface area contributed by atoms with Crippen LogP contribution < -0.4 is 0 Å². The Morgan fingerprint density at radius 2 is 0.790 bits per heavy atom. The van der Waals surface area contributed by atoms with Crippen LogP contribution in [0.5, 0.6) is 0 Å². The van der Waals surface area contributed by atoms with E-state index in [1.165, 1.54) is 95.1 Å². The third kappa shape index (κ3) is 13.0. The summed E-state index contributed by atoms with van der Waals surface area (Å²) < 4.78 is 86.1. The van der Waals surface area contributed by atoms with E-state index in [1.54, 1.807) is 5.57 Å². The summed E-state index contributed by atoms with van der Waals surface area (Å²) in [5, 5.41) is 14.2. The molecule has 0 radical (unpaired) electrons. The lowest BCUT2D eigenvalue weighted by molar-refractivity contribution is -0.193. The summed E-state index contributed by atoms with van der Waals surface area (Å²) in [6, 6.07) is 0. The number of hydrogen-bond donors (Lipinski definition) is 2. The number of rotatable bonds is 2. The van der Waals surface area contributed by atoms with Gasteiger partial charge in [0.2, 0.25) is 0 Å². The van der Waals surface area contributed by atoms with Crippen molar-refractivity contribution in [1.29, 1.82) is 0 Å². The number of hydrogen-bond acceptors (Lipinski definition) is 16. The first-order valence-electron chi connectivity index (χ1n) is 46.7. The number of carboxylic acid groups (broad SMARTS) is 2. The van der Waals surface area contributed by atoms with Crippen LogP contribution in [0.1, 0.15) is 299 Å². The van der Waals surface area contributed by atoms with Gasteiger partial charge in [0, 0.05) is 62.2 Å². The molecule has 24 heteroatoms. The van der Waals surface area contributed by atoms with Crippen molar-refractivity contribution in [2.45, 2.75) is 323 Å². The molecule has 24 atom stereocenters. The van der Waals surface area contributed by atoms with Crippen molar-refractivity contribution in [1.82, 2.24) is 0 Å². The lowest BCUT2D eigenvalue weighted by atomic mass is 9.44. The lowest BCUT2D eigenvalue weighted by Crippen LogP contribution is -2.58. The van der Waals surface area contributed by atoms with Crippen molar-refractivity contribution in [2.75, 3.05) is 14.2 Å². The Bertz CT molecular complexity index is 4790. The first-order valence-corrected chi connectivity index (χ1v) is 46.7. The molecule has 0 bridgehead atoms. The zero-order valence-electron chi connectivity index (χ0n) is 74.0. The van der Waals surface area contributed by atoms with Crippen LogP contribution in [0.15, 0.2) is 69.9 Å². The van der Waals surface area contributed by atoms with Crippen molar-refractivity contribution >= 4 is 70.5 Å². The highest BCUT2D eigenvalue weighted by atomic mass is 19.4. The number of allylic oxidation sites excluding steroid dienone is 10. The summed E-state index contributed by atoms with van der Waals surface area (Å²) in [7, 11) is 2.93. The van der Waals surface area contributed by atoms with Crippen molar-refractivity contribution in [3.8, 4) is 0 Å². The van der Waals surface area contributed by atoms with Crippen LogP contribution in [0.4, 0.5) is 26.3 Å². The Morgan fingerprint density at radius 3 is 1.26 bits per heavy atom. The molecule has 676 valence electrons. The number of halogens is 6. The highest BCUT2D eigenvalue weighted by Crippen LogP contribution is 2.81. The summed E-state index contributed by atoms with van der Waals surface area (Å²) in [5.74, 6) is 0.407. The van der Waals surface area contributed by atoms with E-state index >= 15 is 0 Å². The van der Waals surface area contributed by atoms with Gasteiger partial charge in [-0.1, -0.05) is 101 Å². The maximum atomic E-state index is 13.2. The largest absolute Gasteiger partial charge is 0.490 e. The van der Waals surface area contributed by atoms with Crippen LogP contribution in [-0.2, 0) is 76.5 Å². The first kappa shape index (κ1) is 88.9. The van der Waals surface area contributed by atoms with Gasteiger partial charge in [-0.3, -0.25) is 47.9 Å². The third-order valence-electron chi connectivity index (χ3n) is 40.3. The number of methoxy groups -OCH3 is 2. The minimum absolute atomic E-state index is 0.00741. The van der Waals surface area contributed by atoms with Crippen LogP contribution in [0.2, 0.25) is 0 Å². The Hall–Kier alpha value is -7.14. The number of carbonyl (C=O) groups is 12. The number of alkyl halides is 6. The molecule has 0 aromatic heterocycles. The standard InChI is InChI=1S/C24H32O5.C24H30O4.C24H32O3.C24H30O2.2C2HF3O2/c1-22-8-4-15(25)12-14(22)13-16(21(27)28-3)20-17(22)5-9-23(2)18(20)6-10-24(23)11-7-19(26)29-24;1-22-8-5-18-20-16(21(27)28-3)13-14-12-15(25)4-10-23(14,2)17(20)6-11-24(18,22)19(26)7-9-22;1-21-7-3-15(25)13-19(21)23(11-12-23)14-16-17(21)4-8-22(2)18(16)5-9-24(22)10-6-20(26)27-24;1-21-7-4-18-16-14-23(11-12-23)19-13-15(25)3-9-22(19,2)17(16)5-10-24(18,21)20(26)6-8-21;2*3-2(4,5)1(6)7/h12,16-18,20H,4-11,13H2,1-3H3;5,12,16-17,20H,4,6-11,13H2,1-3H3;13,16-18H,3-12,14H2,1-2H3;4,13,16-17H,3,5-12,14H2,1-2H3;2*(H,6,7)/t16-,17?,18?,20?,22?,23?,24?;16-,17?,20?,22+,23?,24?;;16?,17?,21-,22?,24?;;/m11.0../s1. The number of ether oxygens (including phenoxy) is 4. The molecular formula is C100H126F6O18. The summed E-state index contributed by atoms with van der Waals surface area (Å²) >= 11 is 0. The fraction of sp³-hybridized carbons (Fsp3) is 0.760. The number of carboxylic acids is 2. The SMILES string of the molecule is CC12CCC(=O)C=C1C1(CC1)CC1C2CCC2(C)C1CCC21CCC(=O)O1.CC12CCC(=O)C=C1C1(CC1)CC1C3=CC[C@@]4(C)CCC(=O)C34CCC12.COC(=O)[C@@H]1CC2=CC(=O)CCC2(C)C2CCC3(C)C(CCC34CCC(=O)O4)C21.COC(=O)[C@@H]1CC2=CC(=O)CCC2(C)C2CCC34C(=O)CC[C@]3(C)CC=C4C21.O=C(O)C(F)(F)F.O=C(O)C(F)(F)F. The van der Waals surface area contributed by atoms with E-state index in [4.69, 9.17) is 38.7 Å². The first-order chi connectivity index (χ1) is 58.1. The van der Waals surface area contributed by atoms with E-state index in [9.17, 15) is 74.3 Å². The highest BCUT2D eigenvalue weighted by Gasteiger charge is 2.76. The molecule has 20 unspecified atom stereocenters. The summed E-state index contributed by atoms with van der Waals surface area (Å²) in [4.78, 5) is 143. The predicted molar refractivity (Wildman–Crippen MR) is 440 cm³/mol. The Balaban J connectivity index is 0.000000111. The number of aliphatic carboxylic acids is 2. The van der Waals surface area contributed by atoms with E-state index < -0.39 is 24.3 Å². The van der Waals surface area contributed by atoms with Crippen molar-refractivity contribution < 1.29 is 113 Å². The molecule has 14 saturated carbocycles. The molecule has 16 fully saturated rings. The maximum Gasteiger partial charge on any atom is 0.490 e. The fourth-order valence-electron chi connectivity index (χ4n) is 33.5. The molecule has 2 aliphatic heterocycles. The molecule has 22 rings (SSSR count). The van der Waals surface area contributed by atoms with Gasteiger partial charge >= 0.3 is 48.2 Å². The second kappa shape index (κ2) is 29.7. The summed E-state index contributed by atoms with van der Waals surface area (Å²) in [5.41, 5.74) is 8.47. The highest BCUT2D eigenvalue weighted by molar-refractivity contribution is 5.96. The minimum Gasteiger partial charge on any atom is -0.475 e. The number of esters is 4. The summed E-state index contributed by atoms with van der Waals surface area (Å²) in [6.07, 6.45) is 39.1. The lowest BCUT2D eigenvalue weighted by Gasteiger charge is -2.61. The minimum atomic E-state index is -5.08. The average Bonchev–Trinajstić information content (AvgIpc) is 1.17. The molecule has 0 aromatic rings. The number of carbonyl (C=O) groups excluding carboxylic acids is 10. The quantitative estimate of drug-likeness (QED) is 0.112. The molecular weight excluding hydrogens is 1600 g/mol. The molecule has 18 nitrogen and oxygen atoms in total. The Labute approximate surface area is 723 Å². The van der Waals surface area contributed by atoms with Gasteiger partial charge in [-0.2, -0.15) is 26.3 Å². The van der Waals surface area contributed by atoms with Crippen molar-refractivity contribution in [2.24, 2.45) is 136 Å². The third-order valence-corrected chi connectivity index (χ3v) is 40.3. The van der Waals surface area contributed by atoms with E-state index in [1.807, 2.05) is 12.2 Å². The van der Waals surface area contributed by atoms with Gasteiger partial charge in [-0.05, 0) is 319 Å². The van der Waals surface area contributed by atoms with Gasteiger partial charge in [0.15, 0.2) is 23.1 Å². The van der Waals surface area contributed by atoms with Crippen LogP contribution in [0.25, 0.3) is 0 Å². The molecule has 2 N–H and O–H groups in total. The number of ketones is 6. The topological polar surface area (TPSA) is 282 Å². The van der Waals surface area contributed by atoms with Gasteiger partial charge in [0.1, 0.15) is 22.8 Å². The smallest absolute Gasteiger partial charge is 0.475 e. The normalized spacial score (nSPS) is 45.1. The van der Waals surface area contributed by atoms with Gasteiger partial charge in [-0.15, -0.1) is 0 Å². The Kier molecular flexibility index (Phi) is 21.3. The van der Waals surface area contributed by atoms with E-state index in [0.717, 1.165) is 152 Å². The monoisotopic (exact) mass is 1730 g/mol. The van der Waals surface area contributed by atoms with Gasteiger partial charge < -0.3 is 29.2 Å². The van der Waals surface area contributed by atoms with Crippen LogP contribution >= 0.6 is 0 Å². The summed E-state index contributed by atoms with van der Waals surface area (Å²) in [6.45, 7) is 19.0. The van der Waals surface area contributed by atoms with Crippen molar-refractivity contribution in [3.05, 3.63) is 69.9 Å². The van der Waals surface area contributed by atoms with Crippen molar-refractivity contribution in [3.63, 3.8) is 0 Å². The van der Waals surface area contributed by atoms with Gasteiger partial charge in [0.05, 0.1) is 36.9 Å². The zero-order valence-corrected chi connectivity index (χ0v) is 74.0. The van der Waals surface area contributed by atoms with Gasteiger partial charge in [-0.25, -0.2) is 9.59 Å². The molecule has 124 heavy (non-hydrogen) atoms. The van der Waals surface area contributed by atoms with E-state index in [0.29, 0.717) is 120 Å². The second-order valence-electron chi connectivity index (χ2n) is 44.8. The number of fused-ring (bicyclic) bond motifs is 22. The maximum absolute atomic E-state index is 13.2. The zero-order chi connectivity index (χ0) is 89.3. The van der Waals surface area contributed by atoms with Gasteiger partial charge in [0.25, 0.3) is 0 Å². The van der Waals surface area contributed by atoms with Crippen LogP contribution in [0, 0.1) is 136 Å². The van der Waals surface area contributed by atoms with Crippen LogP contribution in [-0.4, -0.2) is 119 Å². The van der Waals surface area contributed by atoms with Crippen LogP contribution in [0.3, 0.4) is 0 Å². The molecule has 20 aliphatic carbocycles. The molecule has 0 aromatic carbocycles. The molecule has 2 saturated heterocycles. The second-order valence-corrected chi connectivity index (χ2v) is 44.8. The fourth-order valence-corrected chi connectivity index (χ4v) is 33.5. The molecule has 22 aliphatic rings. The number of Topliss-reactive ketones (excluding diaryl/α,β-unsaturated/α-hetero) is 2. The van der Waals surface area contributed by atoms with E-state index in [-0.39, 0.29) is 124 Å². The molecule has 0 amide bonds. The Morgan fingerprint density at radius 1 is 0.403 bits per heavy atom. The predicted octanol–water partition coefficient (Wildman–Crippen LogP) is 19.6. The van der Waals surface area contributed by atoms with E-state index in [2.05, 4.69) is 79.7 Å². The average molecular weight is 1730 g/mol. The molecule has 2 heterocycles.